The number of fused-ring (bicyclic) bond motifs is 1. The molecule has 0 saturated heterocycles. The van der Waals surface area contributed by atoms with Gasteiger partial charge >= 0.3 is 6.09 Å². The van der Waals surface area contributed by atoms with Gasteiger partial charge < -0.3 is 14.4 Å². The Bertz CT molecular complexity index is 941. The molecule has 0 radical (unpaired) electrons. The number of ether oxygens (including phenoxy) is 2. The van der Waals surface area contributed by atoms with Crippen molar-refractivity contribution in [3.63, 3.8) is 0 Å². The van der Waals surface area contributed by atoms with Gasteiger partial charge in [-0.1, -0.05) is 19.1 Å². The van der Waals surface area contributed by atoms with Crippen molar-refractivity contribution in [2.45, 2.75) is 47.1 Å². The Hall–Kier alpha value is -3.02. The number of benzene rings is 2. The van der Waals surface area contributed by atoms with Gasteiger partial charge in [0, 0.05) is 6.54 Å². The molecule has 160 valence electrons. The number of aryl methyl sites for hydroxylation is 2. The molecule has 2 amide bonds. The molecule has 0 saturated carbocycles. The van der Waals surface area contributed by atoms with E-state index in [1.807, 2.05) is 58.0 Å². The maximum atomic E-state index is 13.6. The number of amides is 2. The van der Waals surface area contributed by atoms with E-state index >= 15 is 0 Å². The van der Waals surface area contributed by atoms with Crippen LogP contribution in [0.2, 0.25) is 0 Å². The molecule has 0 bridgehead atoms. The summed E-state index contributed by atoms with van der Waals surface area (Å²) in [6, 6.07) is 11.1. The molecule has 0 aliphatic carbocycles. The first-order valence-electron chi connectivity index (χ1n) is 10.5. The lowest BCUT2D eigenvalue weighted by molar-refractivity contribution is 0.0977. The fraction of sp³-hybridized carbons (Fsp3) is 0.417. The summed E-state index contributed by atoms with van der Waals surface area (Å²) >= 11 is 0. The van der Waals surface area contributed by atoms with Crippen molar-refractivity contribution < 1.29 is 19.1 Å². The molecule has 0 aromatic heterocycles. The van der Waals surface area contributed by atoms with Crippen molar-refractivity contribution in [1.29, 1.82) is 0 Å². The Labute approximate surface area is 178 Å². The van der Waals surface area contributed by atoms with E-state index in [0.29, 0.717) is 48.9 Å². The number of hydrogen-bond donors (Lipinski definition) is 0. The monoisotopic (exact) mass is 410 g/mol. The fourth-order valence-corrected chi connectivity index (χ4v) is 3.80. The third kappa shape index (κ3) is 3.99. The second-order valence-corrected chi connectivity index (χ2v) is 7.40. The van der Waals surface area contributed by atoms with Gasteiger partial charge in [-0.15, -0.1) is 0 Å². The third-order valence-electron chi connectivity index (χ3n) is 5.50. The van der Waals surface area contributed by atoms with Gasteiger partial charge in [-0.2, -0.15) is 0 Å². The van der Waals surface area contributed by atoms with Crippen molar-refractivity contribution in [3.05, 3.63) is 53.1 Å². The van der Waals surface area contributed by atoms with Crippen LogP contribution in [0.25, 0.3) is 0 Å². The standard InChI is InChI=1S/C24H30N2O4/c1-6-18-15-25(23(27)19-11-9-10-12-22(19)29-7-2)20-13-16(4)17(5)14-21(20)26(18)24(28)30-8-3/h9-14,18H,6-8,15H2,1-5H3. The van der Waals surface area contributed by atoms with Crippen molar-refractivity contribution in [2.24, 2.45) is 0 Å². The summed E-state index contributed by atoms with van der Waals surface area (Å²) in [5.74, 6) is 0.432. The van der Waals surface area contributed by atoms with E-state index in [2.05, 4.69) is 0 Å². The number of para-hydroxylation sites is 1. The van der Waals surface area contributed by atoms with Crippen molar-refractivity contribution in [2.75, 3.05) is 29.6 Å². The van der Waals surface area contributed by atoms with Crippen LogP contribution >= 0.6 is 0 Å². The second kappa shape index (κ2) is 9.20. The van der Waals surface area contributed by atoms with Crippen LogP contribution in [0.4, 0.5) is 16.2 Å². The van der Waals surface area contributed by atoms with Crippen LogP contribution in [0.1, 0.15) is 48.7 Å². The molecule has 1 heterocycles. The normalized spacial score (nSPS) is 15.6. The summed E-state index contributed by atoms with van der Waals surface area (Å²) in [6.07, 6.45) is 0.317. The molecule has 6 heteroatoms. The predicted molar refractivity (Wildman–Crippen MR) is 119 cm³/mol. The molecular formula is C24H30N2O4. The summed E-state index contributed by atoms with van der Waals surface area (Å²) in [7, 11) is 0. The molecule has 1 atom stereocenters. The van der Waals surface area contributed by atoms with Gasteiger partial charge in [0.1, 0.15) is 5.75 Å². The van der Waals surface area contributed by atoms with Crippen molar-refractivity contribution in [1.82, 2.24) is 0 Å². The van der Waals surface area contributed by atoms with E-state index in [4.69, 9.17) is 9.47 Å². The molecular weight excluding hydrogens is 380 g/mol. The first-order chi connectivity index (χ1) is 14.4. The molecule has 1 aliphatic heterocycles. The van der Waals surface area contributed by atoms with Gasteiger partial charge in [-0.05, 0) is 69.5 Å². The van der Waals surface area contributed by atoms with Gasteiger partial charge in [0.05, 0.1) is 36.2 Å². The molecule has 2 aromatic carbocycles. The summed E-state index contributed by atoms with van der Waals surface area (Å²) < 4.78 is 11.0. The number of carbonyl (C=O) groups excluding carboxylic acids is 2. The maximum absolute atomic E-state index is 13.6. The lowest BCUT2D eigenvalue weighted by Crippen LogP contribution is -2.53. The molecule has 1 unspecified atom stereocenters. The summed E-state index contributed by atoms with van der Waals surface area (Å²) in [5.41, 5.74) is 4.05. The van der Waals surface area contributed by atoms with Crippen LogP contribution in [0.3, 0.4) is 0 Å². The minimum absolute atomic E-state index is 0.134. The van der Waals surface area contributed by atoms with Crippen molar-refractivity contribution >= 4 is 23.4 Å². The molecule has 2 aromatic rings. The zero-order chi connectivity index (χ0) is 21.8. The summed E-state index contributed by atoms with van der Waals surface area (Å²) in [6.45, 7) is 10.9. The summed E-state index contributed by atoms with van der Waals surface area (Å²) in [4.78, 5) is 29.9. The zero-order valence-corrected chi connectivity index (χ0v) is 18.4. The van der Waals surface area contributed by atoms with Crippen LogP contribution in [0.15, 0.2) is 36.4 Å². The Morgan fingerprint density at radius 1 is 1.00 bits per heavy atom. The quantitative estimate of drug-likeness (QED) is 0.688. The van der Waals surface area contributed by atoms with Crippen LogP contribution in [-0.2, 0) is 4.74 Å². The average Bonchev–Trinajstić information content (AvgIpc) is 2.74. The zero-order valence-electron chi connectivity index (χ0n) is 18.4. The van der Waals surface area contributed by atoms with Crippen LogP contribution < -0.4 is 14.5 Å². The molecule has 0 fully saturated rings. The second-order valence-electron chi connectivity index (χ2n) is 7.40. The number of hydrogen-bond acceptors (Lipinski definition) is 4. The Kier molecular flexibility index (Phi) is 6.65. The topological polar surface area (TPSA) is 59.1 Å². The highest BCUT2D eigenvalue weighted by Crippen LogP contribution is 2.40. The Morgan fingerprint density at radius 3 is 2.30 bits per heavy atom. The van der Waals surface area contributed by atoms with Crippen LogP contribution in [-0.4, -0.2) is 37.8 Å². The van der Waals surface area contributed by atoms with Gasteiger partial charge in [0.2, 0.25) is 0 Å². The maximum Gasteiger partial charge on any atom is 0.414 e. The molecule has 0 spiro atoms. The summed E-state index contributed by atoms with van der Waals surface area (Å²) in [5, 5.41) is 0. The smallest absolute Gasteiger partial charge is 0.414 e. The van der Waals surface area contributed by atoms with E-state index in [0.717, 1.165) is 11.1 Å². The van der Waals surface area contributed by atoms with E-state index in [-0.39, 0.29) is 18.0 Å². The van der Waals surface area contributed by atoms with Gasteiger partial charge in [-0.25, -0.2) is 4.79 Å². The predicted octanol–water partition coefficient (Wildman–Crippen LogP) is 5.10. The highest BCUT2D eigenvalue weighted by molar-refractivity contribution is 6.11. The lowest BCUT2D eigenvalue weighted by Gasteiger charge is -2.42. The first-order valence-corrected chi connectivity index (χ1v) is 10.5. The lowest BCUT2D eigenvalue weighted by atomic mass is 9.99. The molecule has 1 aliphatic rings. The van der Waals surface area contributed by atoms with E-state index in [1.54, 1.807) is 22.8 Å². The van der Waals surface area contributed by atoms with E-state index in [1.165, 1.54) is 0 Å². The third-order valence-corrected chi connectivity index (χ3v) is 5.50. The fourth-order valence-electron chi connectivity index (χ4n) is 3.80. The minimum Gasteiger partial charge on any atom is -0.493 e. The van der Waals surface area contributed by atoms with E-state index in [9.17, 15) is 9.59 Å². The SMILES string of the molecule is CCOC(=O)N1c2cc(C)c(C)cc2N(C(=O)c2ccccc2OCC)CC1CC. The largest absolute Gasteiger partial charge is 0.493 e. The first kappa shape index (κ1) is 21.7. The number of carbonyl (C=O) groups is 2. The molecule has 3 rings (SSSR count). The molecule has 6 nitrogen and oxygen atoms in total. The molecule has 30 heavy (non-hydrogen) atoms. The highest BCUT2D eigenvalue weighted by atomic mass is 16.6. The minimum atomic E-state index is -0.379. The highest BCUT2D eigenvalue weighted by Gasteiger charge is 2.38. The Morgan fingerprint density at radius 2 is 1.67 bits per heavy atom. The Balaban J connectivity index is 2.13. The molecule has 0 N–H and O–H groups in total. The number of rotatable bonds is 5. The van der Waals surface area contributed by atoms with Crippen LogP contribution in [0.5, 0.6) is 5.75 Å². The van der Waals surface area contributed by atoms with E-state index < -0.39 is 0 Å². The average molecular weight is 411 g/mol. The van der Waals surface area contributed by atoms with Gasteiger partial charge in [-0.3, -0.25) is 9.69 Å². The van der Waals surface area contributed by atoms with Gasteiger partial charge in [0.15, 0.2) is 0 Å². The number of nitrogens with zero attached hydrogens (tertiary/aromatic N) is 2. The van der Waals surface area contributed by atoms with Crippen molar-refractivity contribution in [3.8, 4) is 5.75 Å². The number of anilines is 2. The van der Waals surface area contributed by atoms with Gasteiger partial charge in [0.25, 0.3) is 5.91 Å². The van der Waals surface area contributed by atoms with Crippen LogP contribution in [0, 0.1) is 13.8 Å².